The molecule has 0 radical (unpaired) electrons. The Kier molecular flexibility index (Phi) is 51.4. The van der Waals surface area contributed by atoms with Crippen LogP contribution in [0.3, 0.4) is 0 Å². The van der Waals surface area contributed by atoms with Gasteiger partial charge in [-0.3, -0.25) is 14.4 Å². The van der Waals surface area contributed by atoms with Crippen LogP contribution in [0, 0.1) is 0 Å². The van der Waals surface area contributed by atoms with Crippen LogP contribution < -0.4 is 0 Å². The summed E-state index contributed by atoms with van der Waals surface area (Å²) in [5.74, 6) is -0.997. The second kappa shape index (κ2) is 54.2. The minimum atomic E-state index is -0.818. The molecule has 0 fully saturated rings. The fourth-order valence-electron chi connectivity index (χ4n) is 7.59. The lowest BCUT2D eigenvalue weighted by atomic mass is 10.0. The number of unbranched alkanes of at least 4 members (excludes halogenated alkanes) is 27. The third-order valence-electron chi connectivity index (χ3n) is 11.7. The van der Waals surface area contributed by atoms with Crippen molar-refractivity contribution in [3.8, 4) is 0 Å². The van der Waals surface area contributed by atoms with E-state index in [0.717, 1.165) is 70.6 Å². The highest BCUT2D eigenvalue weighted by Gasteiger charge is 2.19. The summed E-state index contributed by atoms with van der Waals surface area (Å²) >= 11 is 0. The van der Waals surface area contributed by atoms with Gasteiger partial charge in [0, 0.05) is 19.3 Å². The van der Waals surface area contributed by atoms with E-state index >= 15 is 0 Å². The number of esters is 3. The van der Waals surface area contributed by atoms with Crippen LogP contribution in [0.2, 0.25) is 0 Å². The summed E-state index contributed by atoms with van der Waals surface area (Å²) in [6.45, 7) is 6.43. The lowest BCUT2D eigenvalue weighted by Gasteiger charge is -2.18. The van der Waals surface area contributed by atoms with Gasteiger partial charge >= 0.3 is 17.9 Å². The van der Waals surface area contributed by atoms with Gasteiger partial charge in [0.2, 0.25) is 0 Å². The summed E-state index contributed by atoms with van der Waals surface area (Å²) < 4.78 is 16.8. The molecule has 1 unspecified atom stereocenters. The van der Waals surface area contributed by atoms with Gasteiger partial charge in [0.1, 0.15) is 13.2 Å². The monoisotopic (exact) mass is 919 g/mol. The molecule has 6 heteroatoms. The van der Waals surface area contributed by atoms with E-state index in [2.05, 4.69) is 69.4 Å². The summed E-state index contributed by atoms with van der Waals surface area (Å²) in [5, 5.41) is 0. The maximum Gasteiger partial charge on any atom is 0.306 e. The van der Waals surface area contributed by atoms with Crippen molar-refractivity contribution in [3.63, 3.8) is 0 Å². The van der Waals surface area contributed by atoms with Gasteiger partial charge in [-0.1, -0.05) is 254 Å². The van der Waals surface area contributed by atoms with E-state index in [9.17, 15) is 14.4 Å². The van der Waals surface area contributed by atoms with Crippen LogP contribution in [0.25, 0.3) is 0 Å². The highest BCUT2D eigenvalue weighted by molar-refractivity contribution is 5.71. The zero-order valence-corrected chi connectivity index (χ0v) is 43.2. The maximum atomic E-state index is 12.8. The van der Waals surface area contributed by atoms with Crippen molar-refractivity contribution in [1.82, 2.24) is 0 Å². The molecular formula is C60H102O6. The highest BCUT2D eigenvalue weighted by Crippen LogP contribution is 2.16. The minimum Gasteiger partial charge on any atom is -0.462 e. The first-order chi connectivity index (χ1) is 32.5. The van der Waals surface area contributed by atoms with E-state index in [0.29, 0.717) is 19.3 Å². The summed E-state index contributed by atoms with van der Waals surface area (Å²) in [4.78, 5) is 38.0. The van der Waals surface area contributed by atoms with Crippen molar-refractivity contribution in [2.24, 2.45) is 0 Å². The average molecular weight is 919 g/mol. The third-order valence-corrected chi connectivity index (χ3v) is 11.7. The van der Waals surface area contributed by atoms with E-state index < -0.39 is 6.10 Å². The Morgan fingerprint density at radius 3 is 1.12 bits per heavy atom. The van der Waals surface area contributed by atoms with Crippen LogP contribution in [-0.2, 0) is 28.6 Å². The molecule has 0 aliphatic carbocycles. The smallest absolute Gasteiger partial charge is 0.306 e. The summed E-state index contributed by atoms with van der Waals surface area (Å²) in [5.41, 5.74) is 0. The Labute approximate surface area is 407 Å². The molecule has 0 aliphatic rings. The van der Waals surface area contributed by atoms with Gasteiger partial charge in [-0.05, 0) is 70.6 Å². The molecule has 0 spiro atoms. The molecule has 0 saturated heterocycles. The summed E-state index contributed by atoms with van der Waals surface area (Å²) in [7, 11) is 0. The number of rotatable bonds is 49. The molecule has 6 nitrogen and oxygen atoms in total. The number of hydrogen-bond acceptors (Lipinski definition) is 6. The van der Waals surface area contributed by atoms with Gasteiger partial charge in [0.25, 0.3) is 0 Å². The molecule has 0 aromatic heterocycles. The van der Waals surface area contributed by atoms with Crippen LogP contribution in [0.5, 0.6) is 0 Å². The van der Waals surface area contributed by atoms with E-state index in [4.69, 9.17) is 14.2 Å². The molecule has 1 atom stereocenters. The average Bonchev–Trinajstić information content (AvgIpc) is 3.31. The van der Waals surface area contributed by atoms with E-state index in [1.807, 2.05) is 36.5 Å². The second-order valence-electron chi connectivity index (χ2n) is 18.2. The lowest BCUT2D eigenvalue weighted by Crippen LogP contribution is -2.30. The van der Waals surface area contributed by atoms with Crippen LogP contribution in [0.4, 0.5) is 0 Å². The molecule has 0 aromatic carbocycles. The first kappa shape index (κ1) is 62.6. The van der Waals surface area contributed by atoms with Crippen molar-refractivity contribution in [2.75, 3.05) is 13.2 Å². The molecule has 0 amide bonds. The molecular weight excluding hydrogens is 817 g/mol. The number of ether oxygens (including phenoxy) is 3. The minimum absolute atomic E-state index is 0.108. The van der Waals surface area contributed by atoms with Crippen molar-refractivity contribution in [1.29, 1.82) is 0 Å². The molecule has 0 saturated carbocycles. The quantitative estimate of drug-likeness (QED) is 0.0199. The van der Waals surface area contributed by atoms with Gasteiger partial charge in [-0.25, -0.2) is 0 Å². The van der Waals surface area contributed by atoms with Gasteiger partial charge in [-0.15, -0.1) is 0 Å². The van der Waals surface area contributed by atoms with Crippen LogP contribution in [0.15, 0.2) is 85.1 Å². The fraction of sp³-hybridized carbons (Fsp3) is 0.717. The zero-order valence-electron chi connectivity index (χ0n) is 43.2. The van der Waals surface area contributed by atoms with Crippen molar-refractivity contribution in [2.45, 2.75) is 264 Å². The Morgan fingerprint density at radius 2 is 0.667 bits per heavy atom. The van der Waals surface area contributed by atoms with Gasteiger partial charge in [0.15, 0.2) is 6.10 Å². The number of carbonyl (C=O) groups is 3. The second-order valence-corrected chi connectivity index (χ2v) is 18.2. The van der Waals surface area contributed by atoms with Crippen molar-refractivity contribution in [3.05, 3.63) is 85.1 Å². The number of allylic oxidation sites excluding steroid dienone is 14. The van der Waals surface area contributed by atoms with E-state index in [1.54, 1.807) is 0 Å². The summed E-state index contributed by atoms with van der Waals surface area (Å²) in [6, 6.07) is 0. The maximum absolute atomic E-state index is 12.8. The Balaban J connectivity index is 4.47. The Morgan fingerprint density at radius 1 is 0.333 bits per heavy atom. The van der Waals surface area contributed by atoms with E-state index in [-0.39, 0.29) is 37.5 Å². The van der Waals surface area contributed by atoms with Gasteiger partial charge in [-0.2, -0.15) is 0 Å². The molecule has 0 aromatic rings. The van der Waals surface area contributed by atoms with Crippen molar-refractivity contribution < 1.29 is 28.6 Å². The first-order valence-electron chi connectivity index (χ1n) is 27.6. The molecule has 0 bridgehead atoms. The normalized spacial score (nSPS) is 12.7. The predicted octanol–water partition coefficient (Wildman–Crippen LogP) is 18.4. The zero-order chi connectivity index (χ0) is 47.9. The fourth-order valence-corrected chi connectivity index (χ4v) is 7.59. The molecule has 378 valence electrons. The highest BCUT2D eigenvalue weighted by atomic mass is 16.6. The van der Waals surface area contributed by atoms with Crippen molar-refractivity contribution >= 4 is 17.9 Å². The Bertz CT molecular complexity index is 1290. The van der Waals surface area contributed by atoms with Gasteiger partial charge in [0.05, 0.1) is 0 Å². The van der Waals surface area contributed by atoms with Crippen LogP contribution in [0.1, 0.15) is 258 Å². The lowest BCUT2D eigenvalue weighted by molar-refractivity contribution is -0.167. The number of carbonyl (C=O) groups excluding carboxylic acids is 3. The van der Waals surface area contributed by atoms with E-state index in [1.165, 1.54) is 141 Å². The molecule has 66 heavy (non-hydrogen) atoms. The SMILES string of the molecule is CC/C=C/C=C/C=C/C=C/CCCCCC(=O)OCC(COC(=O)CCCCCCCCCCCCCCCCCCCC)OC(=O)CCC/C=C/C/C=C/C/C=C/CCCCCCCC. The molecule has 0 rings (SSSR count). The summed E-state index contributed by atoms with van der Waals surface area (Å²) in [6.07, 6.45) is 70.1. The first-order valence-corrected chi connectivity index (χ1v) is 27.6. The van der Waals surface area contributed by atoms with Crippen LogP contribution in [-0.4, -0.2) is 37.2 Å². The topological polar surface area (TPSA) is 78.9 Å². The largest absolute Gasteiger partial charge is 0.462 e. The van der Waals surface area contributed by atoms with Gasteiger partial charge < -0.3 is 14.2 Å². The predicted molar refractivity (Wildman–Crippen MR) is 284 cm³/mol. The molecule has 0 aliphatic heterocycles. The van der Waals surface area contributed by atoms with Crippen LogP contribution >= 0.6 is 0 Å². The molecule has 0 heterocycles. The molecule has 0 N–H and O–H groups in total. The standard InChI is InChI=1S/C60H102O6/c1-4-7-10-13-16-19-22-25-27-29-31-32-35-38-41-44-47-50-53-59(62)65-56-57(55-64-58(61)52-49-46-43-40-37-34-24-21-18-15-12-9-6-3)66-60(63)54-51-48-45-42-39-36-33-30-28-26-23-20-17-14-11-8-5-2/h9,12,15,18,21,24,26,28,33-34,36-37,42,45,57H,4-8,10-11,13-14,16-17,19-20,22-23,25,27,29-32,35,38-41,43-44,46-56H2,1-3H3/b12-9+,18-15+,24-21+,28-26+,36-33+,37-34+,45-42+. The third kappa shape index (κ3) is 51.6. The number of hydrogen-bond donors (Lipinski definition) is 0. The Hall–Kier alpha value is -3.41.